The van der Waals surface area contributed by atoms with Gasteiger partial charge >= 0.3 is 6.03 Å². The second kappa shape index (κ2) is 5.38. The molecule has 1 aliphatic heterocycles. The summed E-state index contributed by atoms with van der Waals surface area (Å²) < 4.78 is 0. The van der Waals surface area contributed by atoms with Crippen LogP contribution in [0.4, 0.5) is 10.5 Å². The van der Waals surface area contributed by atoms with Crippen LogP contribution in [0, 0.1) is 0 Å². The van der Waals surface area contributed by atoms with E-state index < -0.39 is 0 Å². The van der Waals surface area contributed by atoms with Crippen LogP contribution >= 0.6 is 11.6 Å². The maximum absolute atomic E-state index is 11.9. The van der Waals surface area contributed by atoms with Crippen molar-refractivity contribution in [1.29, 1.82) is 0 Å². The summed E-state index contributed by atoms with van der Waals surface area (Å²) in [6.45, 7) is 1.54. The van der Waals surface area contributed by atoms with Gasteiger partial charge in [0.1, 0.15) is 0 Å². The number of likely N-dealkylation sites (tertiary alicyclic amines) is 1. The van der Waals surface area contributed by atoms with Gasteiger partial charge in [-0.15, -0.1) is 0 Å². The molecule has 0 spiro atoms. The first kappa shape index (κ1) is 12.2. The third-order valence-corrected chi connectivity index (χ3v) is 3.19. The summed E-state index contributed by atoms with van der Waals surface area (Å²) in [6, 6.07) is 7.51. The van der Waals surface area contributed by atoms with Gasteiger partial charge in [0.2, 0.25) is 0 Å². The lowest BCUT2D eigenvalue weighted by molar-refractivity contribution is 0.221. The molecule has 0 aromatic heterocycles. The maximum atomic E-state index is 11.9. The Labute approximate surface area is 106 Å². The number of hydrogen-bond acceptors (Lipinski definition) is 2. The standard InChI is InChI=1S/C12H16ClN3O/c1-14-11-5-6-16(8-11)12(17)15-10-4-2-3-9(13)7-10/h2-4,7,11,14H,5-6,8H2,1H3,(H,15,17)/t11-/m0/s1. The van der Waals surface area contributed by atoms with E-state index >= 15 is 0 Å². The molecule has 2 amide bonds. The van der Waals surface area contributed by atoms with Crippen molar-refractivity contribution in [3.63, 3.8) is 0 Å². The first-order valence-corrected chi connectivity index (χ1v) is 6.05. The van der Waals surface area contributed by atoms with E-state index in [1.54, 1.807) is 12.1 Å². The summed E-state index contributed by atoms with van der Waals surface area (Å²) in [4.78, 5) is 13.7. The monoisotopic (exact) mass is 253 g/mol. The van der Waals surface area contributed by atoms with Crippen LogP contribution in [0.3, 0.4) is 0 Å². The topological polar surface area (TPSA) is 44.4 Å². The molecule has 0 bridgehead atoms. The number of nitrogens with zero attached hydrogens (tertiary/aromatic N) is 1. The van der Waals surface area contributed by atoms with Gasteiger partial charge in [-0.05, 0) is 31.7 Å². The molecule has 1 heterocycles. The van der Waals surface area contributed by atoms with Gasteiger partial charge in [-0.1, -0.05) is 17.7 Å². The molecule has 17 heavy (non-hydrogen) atoms. The Morgan fingerprint density at radius 1 is 1.53 bits per heavy atom. The molecule has 1 atom stereocenters. The molecule has 1 aromatic rings. The molecule has 2 N–H and O–H groups in total. The molecule has 5 heteroatoms. The fraction of sp³-hybridized carbons (Fsp3) is 0.417. The lowest BCUT2D eigenvalue weighted by Crippen LogP contribution is -2.36. The van der Waals surface area contributed by atoms with E-state index in [0.717, 1.165) is 25.2 Å². The average molecular weight is 254 g/mol. The SMILES string of the molecule is CN[C@H]1CCN(C(=O)Nc2cccc(Cl)c2)C1. The predicted molar refractivity (Wildman–Crippen MR) is 69.5 cm³/mol. The number of carbonyl (C=O) groups excluding carboxylic acids is 1. The quantitative estimate of drug-likeness (QED) is 0.849. The summed E-state index contributed by atoms with van der Waals surface area (Å²) in [6.07, 6.45) is 0.999. The lowest BCUT2D eigenvalue weighted by atomic mass is 10.3. The number of likely N-dealkylation sites (N-methyl/N-ethyl adjacent to an activating group) is 1. The fourth-order valence-corrected chi connectivity index (χ4v) is 2.14. The van der Waals surface area contributed by atoms with Crippen LogP contribution in [0.25, 0.3) is 0 Å². The number of halogens is 1. The van der Waals surface area contributed by atoms with Crippen molar-refractivity contribution in [3.05, 3.63) is 29.3 Å². The van der Waals surface area contributed by atoms with E-state index in [0.29, 0.717) is 11.1 Å². The van der Waals surface area contributed by atoms with Crippen LogP contribution in [0.15, 0.2) is 24.3 Å². The van der Waals surface area contributed by atoms with Crippen molar-refractivity contribution in [2.24, 2.45) is 0 Å². The van der Waals surface area contributed by atoms with Crippen molar-refractivity contribution >= 4 is 23.3 Å². The van der Waals surface area contributed by atoms with Crippen molar-refractivity contribution in [3.8, 4) is 0 Å². The van der Waals surface area contributed by atoms with Gasteiger partial charge in [0.05, 0.1) is 0 Å². The first-order valence-electron chi connectivity index (χ1n) is 5.68. The van der Waals surface area contributed by atoms with Crippen molar-refractivity contribution in [2.75, 3.05) is 25.5 Å². The van der Waals surface area contributed by atoms with Crippen LogP contribution in [-0.2, 0) is 0 Å². The molecule has 4 nitrogen and oxygen atoms in total. The Kier molecular flexibility index (Phi) is 3.86. The number of urea groups is 1. The van der Waals surface area contributed by atoms with Gasteiger partial charge in [0.25, 0.3) is 0 Å². The van der Waals surface area contributed by atoms with Gasteiger partial charge in [-0.25, -0.2) is 4.79 Å². The summed E-state index contributed by atoms with van der Waals surface area (Å²) in [7, 11) is 1.92. The van der Waals surface area contributed by atoms with Gasteiger partial charge in [0, 0.05) is 29.8 Å². The van der Waals surface area contributed by atoms with E-state index in [4.69, 9.17) is 11.6 Å². The zero-order valence-electron chi connectivity index (χ0n) is 9.74. The molecule has 1 saturated heterocycles. The summed E-state index contributed by atoms with van der Waals surface area (Å²) in [5.41, 5.74) is 0.732. The number of nitrogens with one attached hydrogen (secondary N) is 2. The highest BCUT2D eigenvalue weighted by Crippen LogP contribution is 2.16. The summed E-state index contributed by atoms with van der Waals surface area (Å²) in [5.74, 6) is 0. The van der Waals surface area contributed by atoms with Crippen LogP contribution in [-0.4, -0.2) is 37.1 Å². The van der Waals surface area contributed by atoms with E-state index in [2.05, 4.69) is 10.6 Å². The highest BCUT2D eigenvalue weighted by Gasteiger charge is 2.24. The van der Waals surface area contributed by atoms with Crippen LogP contribution in [0.2, 0.25) is 5.02 Å². The van der Waals surface area contributed by atoms with E-state index in [1.807, 2.05) is 24.1 Å². The van der Waals surface area contributed by atoms with Gasteiger partial charge in [-0.3, -0.25) is 0 Å². The molecule has 0 saturated carbocycles. The predicted octanol–water partition coefficient (Wildman–Crippen LogP) is 2.17. The van der Waals surface area contributed by atoms with Crippen LogP contribution in [0.1, 0.15) is 6.42 Å². The molecule has 1 aliphatic rings. The minimum atomic E-state index is -0.0648. The second-order valence-corrected chi connectivity index (χ2v) is 4.60. The maximum Gasteiger partial charge on any atom is 0.321 e. The molecule has 0 unspecified atom stereocenters. The Hall–Kier alpha value is -1.26. The van der Waals surface area contributed by atoms with Crippen LogP contribution in [0.5, 0.6) is 0 Å². The zero-order valence-corrected chi connectivity index (χ0v) is 10.5. The third kappa shape index (κ3) is 3.11. The molecule has 2 rings (SSSR count). The van der Waals surface area contributed by atoms with Gasteiger partial charge in [0.15, 0.2) is 0 Å². The second-order valence-electron chi connectivity index (χ2n) is 4.16. The Morgan fingerprint density at radius 2 is 2.35 bits per heavy atom. The molecular formula is C12H16ClN3O. The lowest BCUT2D eigenvalue weighted by Gasteiger charge is -2.17. The third-order valence-electron chi connectivity index (χ3n) is 2.96. The molecule has 0 aliphatic carbocycles. The summed E-state index contributed by atoms with van der Waals surface area (Å²) >= 11 is 5.86. The Morgan fingerprint density at radius 3 is 3.00 bits per heavy atom. The number of carbonyl (C=O) groups is 1. The normalized spacial score (nSPS) is 19.4. The highest BCUT2D eigenvalue weighted by atomic mass is 35.5. The van der Waals surface area contributed by atoms with Crippen molar-refractivity contribution < 1.29 is 4.79 Å². The highest BCUT2D eigenvalue weighted by molar-refractivity contribution is 6.30. The van der Waals surface area contributed by atoms with Gasteiger partial charge in [-0.2, -0.15) is 0 Å². The molecule has 0 radical (unpaired) electrons. The smallest absolute Gasteiger partial charge is 0.321 e. The van der Waals surface area contributed by atoms with E-state index in [-0.39, 0.29) is 6.03 Å². The number of hydrogen-bond donors (Lipinski definition) is 2. The number of amides is 2. The molecule has 1 aromatic carbocycles. The van der Waals surface area contributed by atoms with E-state index in [9.17, 15) is 4.79 Å². The van der Waals surface area contributed by atoms with Crippen molar-refractivity contribution in [2.45, 2.75) is 12.5 Å². The number of benzene rings is 1. The summed E-state index contributed by atoms with van der Waals surface area (Å²) in [5, 5.41) is 6.65. The zero-order chi connectivity index (χ0) is 12.3. The molecule has 1 fully saturated rings. The average Bonchev–Trinajstić information content (AvgIpc) is 2.77. The molecular weight excluding hydrogens is 238 g/mol. The molecule has 92 valence electrons. The fourth-order valence-electron chi connectivity index (χ4n) is 1.95. The number of rotatable bonds is 2. The minimum absolute atomic E-state index is 0.0648. The first-order chi connectivity index (χ1) is 8.19. The minimum Gasteiger partial charge on any atom is -0.323 e. The largest absolute Gasteiger partial charge is 0.323 e. The van der Waals surface area contributed by atoms with Crippen LogP contribution < -0.4 is 10.6 Å². The van der Waals surface area contributed by atoms with E-state index in [1.165, 1.54) is 0 Å². The number of anilines is 1. The van der Waals surface area contributed by atoms with Gasteiger partial charge < -0.3 is 15.5 Å². The Balaban J connectivity index is 1.93. The Bertz CT molecular complexity index is 410. The van der Waals surface area contributed by atoms with Crippen molar-refractivity contribution in [1.82, 2.24) is 10.2 Å².